The lowest BCUT2D eigenvalue weighted by Crippen LogP contribution is -1.98. The lowest BCUT2D eigenvalue weighted by atomic mass is 10.1. The lowest BCUT2D eigenvalue weighted by Gasteiger charge is -1.97. The number of hydrogen-bond donors (Lipinski definition) is 1. The zero-order valence-electron chi connectivity index (χ0n) is 8.82. The molecule has 0 bridgehead atoms. The molecule has 0 aliphatic carbocycles. The van der Waals surface area contributed by atoms with E-state index < -0.39 is 5.97 Å². The van der Waals surface area contributed by atoms with E-state index in [4.69, 9.17) is 5.11 Å². The molecule has 0 aliphatic rings. The number of aromatic nitrogens is 1. The summed E-state index contributed by atoms with van der Waals surface area (Å²) < 4.78 is 1.97. The number of aliphatic carboxylic acids is 1. The maximum absolute atomic E-state index is 10.7. The van der Waals surface area contributed by atoms with Crippen molar-refractivity contribution in [3.63, 3.8) is 0 Å². The van der Waals surface area contributed by atoms with Crippen molar-refractivity contribution in [3.05, 3.63) is 35.5 Å². The normalized spacial score (nSPS) is 10.8. The fourth-order valence-corrected chi connectivity index (χ4v) is 1.89. The Balaban J connectivity index is 2.64. The Morgan fingerprint density at radius 3 is 2.87 bits per heavy atom. The van der Waals surface area contributed by atoms with Crippen molar-refractivity contribution in [3.8, 4) is 0 Å². The number of carbonyl (C=O) groups is 1. The Kier molecular flexibility index (Phi) is 2.23. The number of benzene rings is 1. The van der Waals surface area contributed by atoms with Crippen LogP contribution < -0.4 is 0 Å². The molecule has 0 unspecified atom stereocenters. The molecule has 3 heteroatoms. The van der Waals surface area contributed by atoms with Gasteiger partial charge in [-0.2, -0.15) is 0 Å². The van der Waals surface area contributed by atoms with Gasteiger partial charge in [0.1, 0.15) is 0 Å². The first-order chi connectivity index (χ1) is 7.08. The largest absolute Gasteiger partial charge is 0.481 e. The first kappa shape index (κ1) is 9.77. The van der Waals surface area contributed by atoms with Crippen molar-refractivity contribution < 1.29 is 9.90 Å². The Bertz CT molecular complexity index is 526. The van der Waals surface area contributed by atoms with Gasteiger partial charge >= 0.3 is 5.97 Å². The standard InChI is InChI=1S/C12H13NO2/c1-8-3-4-11-10(5-8)9(6-12(14)15)7-13(11)2/h3-5,7H,6H2,1-2H3,(H,14,15). The third-order valence-electron chi connectivity index (χ3n) is 2.57. The molecule has 1 aromatic carbocycles. The van der Waals surface area contributed by atoms with E-state index in [-0.39, 0.29) is 6.42 Å². The van der Waals surface area contributed by atoms with Crippen molar-refractivity contribution in [1.29, 1.82) is 0 Å². The van der Waals surface area contributed by atoms with Crippen LogP contribution in [0, 0.1) is 6.92 Å². The fourth-order valence-electron chi connectivity index (χ4n) is 1.89. The van der Waals surface area contributed by atoms with E-state index in [0.717, 1.165) is 22.0 Å². The van der Waals surface area contributed by atoms with Crippen LogP contribution in [0.5, 0.6) is 0 Å². The molecule has 2 aromatic rings. The summed E-state index contributed by atoms with van der Waals surface area (Å²) in [5.74, 6) is -0.788. The Hall–Kier alpha value is -1.77. The number of carboxylic acids is 1. The highest BCUT2D eigenvalue weighted by molar-refractivity contribution is 5.88. The molecule has 0 atom stereocenters. The van der Waals surface area contributed by atoms with Crippen LogP contribution in [0.4, 0.5) is 0 Å². The van der Waals surface area contributed by atoms with E-state index in [1.54, 1.807) is 0 Å². The fraction of sp³-hybridized carbons (Fsp3) is 0.250. The molecule has 0 saturated carbocycles. The molecule has 0 spiro atoms. The van der Waals surface area contributed by atoms with E-state index in [1.165, 1.54) is 0 Å². The van der Waals surface area contributed by atoms with Gasteiger partial charge in [0, 0.05) is 24.1 Å². The van der Waals surface area contributed by atoms with Gasteiger partial charge in [0.25, 0.3) is 0 Å². The summed E-state index contributed by atoms with van der Waals surface area (Å²) in [6.45, 7) is 2.01. The van der Waals surface area contributed by atoms with Crippen LogP contribution in [0.1, 0.15) is 11.1 Å². The third kappa shape index (κ3) is 1.73. The Labute approximate surface area is 87.9 Å². The average molecular weight is 203 g/mol. The SMILES string of the molecule is Cc1ccc2c(c1)c(CC(=O)O)cn2C. The monoisotopic (exact) mass is 203 g/mol. The molecule has 78 valence electrons. The second-order valence-corrected chi connectivity index (χ2v) is 3.86. The van der Waals surface area contributed by atoms with Gasteiger partial charge in [0.2, 0.25) is 0 Å². The third-order valence-corrected chi connectivity index (χ3v) is 2.57. The highest BCUT2D eigenvalue weighted by Gasteiger charge is 2.09. The highest BCUT2D eigenvalue weighted by atomic mass is 16.4. The lowest BCUT2D eigenvalue weighted by molar-refractivity contribution is -0.136. The highest BCUT2D eigenvalue weighted by Crippen LogP contribution is 2.22. The summed E-state index contributed by atoms with van der Waals surface area (Å²) in [6, 6.07) is 6.09. The number of fused-ring (bicyclic) bond motifs is 1. The van der Waals surface area contributed by atoms with Crippen molar-refractivity contribution in [2.24, 2.45) is 7.05 Å². The molecule has 0 radical (unpaired) electrons. The first-order valence-corrected chi connectivity index (χ1v) is 4.84. The second kappa shape index (κ2) is 3.42. The maximum Gasteiger partial charge on any atom is 0.307 e. The first-order valence-electron chi connectivity index (χ1n) is 4.84. The van der Waals surface area contributed by atoms with Crippen molar-refractivity contribution >= 4 is 16.9 Å². The molecule has 1 aromatic heterocycles. The number of carboxylic acid groups (broad SMARTS) is 1. The van der Waals surface area contributed by atoms with Gasteiger partial charge in [0.05, 0.1) is 6.42 Å². The Morgan fingerprint density at radius 2 is 2.20 bits per heavy atom. The van der Waals surface area contributed by atoms with E-state index in [2.05, 4.69) is 0 Å². The smallest absolute Gasteiger partial charge is 0.307 e. The van der Waals surface area contributed by atoms with Gasteiger partial charge < -0.3 is 9.67 Å². The van der Waals surface area contributed by atoms with E-state index in [0.29, 0.717) is 0 Å². The summed E-state index contributed by atoms with van der Waals surface area (Å²) in [7, 11) is 1.93. The van der Waals surface area contributed by atoms with Gasteiger partial charge in [-0.1, -0.05) is 11.6 Å². The van der Waals surface area contributed by atoms with Gasteiger partial charge in [0.15, 0.2) is 0 Å². The van der Waals surface area contributed by atoms with Gasteiger partial charge in [-0.15, -0.1) is 0 Å². The van der Waals surface area contributed by atoms with Crippen LogP contribution in [0.15, 0.2) is 24.4 Å². The van der Waals surface area contributed by atoms with E-state index in [1.807, 2.05) is 42.9 Å². The number of aryl methyl sites for hydroxylation is 2. The predicted molar refractivity (Wildman–Crippen MR) is 59.0 cm³/mol. The van der Waals surface area contributed by atoms with Crippen LogP contribution in [-0.4, -0.2) is 15.6 Å². The van der Waals surface area contributed by atoms with Gasteiger partial charge in [-0.25, -0.2) is 0 Å². The van der Waals surface area contributed by atoms with Crippen LogP contribution in [0.3, 0.4) is 0 Å². The molecule has 0 aliphatic heterocycles. The molecule has 3 nitrogen and oxygen atoms in total. The van der Waals surface area contributed by atoms with Crippen LogP contribution in [0.25, 0.3) is 10.9 Å². The summed E-state index contributed by atoms with van der Waals surface area (Å²) in [4.78, 5) is 10.7. The molecule has 1 heterocycles. The minimum atomic E-state index is -0.788. The second-order valence-electron chi connectivity index (χ2n) is 3.86. The molecule has 2 rings (SSSR count). The molecule has 1 N–H and O–H groups in total. The zero-order chi connectivity index (χ0) is 11.0. The predicted octanol–water partition coefficient (Wildman–Crippen LogP) is 2.11. The average Bonchev–Trinajstić information content (AvgIpc) is 2.42. The van der Waals surface area contributed by atoms with Crippen LogP contribution >= 0.6 is 0 Å². The molecule has 0 fully saturated rings. The number of rotatable bonds is 2. The van der Waals surface area contributed by atoms with Crippen LogP contribution in [0.2, 0.25) is 0 Å². The van der Waals surface area contributed by atoms with E-state index >= 15 is 0 Å². The van der Waals surface area contributed by atoms with Crippen molar-refractivity contribution in [2.75, 3.05) is 0 Å². The van der Waals surface area contributed by atoms with Crippen molar-refractivity contribution in [2.45, 2.75) is 13.3 Å². The summed E-state index contributed by atoms with van der Waals surface area (Å²) >= 11 is 0. The van der Waals surface area contributed by atoms with Crippen LogP contribution in [-0.2, 0) is 18.3 Å². The molecule has 0 saturated heterocycles. The number of hydrogen-bond acceptors (Lipinski definition) is 1. The molecular weight excluding hydrogens is 190 g/mol. The quantitative estimate of drug-likeness (QED) is 0.812. The Morgan fingerprint density at radius 1 is 1.47 bits per heavy atom. The topological polar surface area (TPSA) is 42.2 Å². The van der Waals surface area contributed by atoms with Gasteiger partial charge in [-0.05, 0) is 24.6 Å². The molecular formula is C12H13NO2. The maximum atomic E-state index is 10.7. The minimum absolute atomic E-state index is 0.0841. The summed E-state index contributed by atoms with van der Waals surface area (Å²) in [5, 5.41) is 9.84. The summed E-state index contributed by atoms with van der Waals surface area (Å²) in [5.41, 5.74) is 3.11. The van der Waals surface area contributed by atoms with E-state index in [9.17, 15) is 4.79 Å². The summed E-state index contributed by atoms with van der Waals surface area (Å²) in [6.07, 6.45) is 1.97. The molecule has 15 heavy (non-hydrogen) atoms. The zero-order valence-corrected chi connectivity index (χ0v) is 8.82. The van der Waals surface area contributed by atoms with Crippen molar-refractivity contribution in [1.82, 2.24) is 4.57 Å². The number of nitrogens with zero attached hydrogens (tertiary/aromatic N) is 1. The minimum Gasteiger partial charge on any atom is -0.481 e. The molecule has 0 amide bonds. The van der Waals surface area contributed by atoms with Gasteiger partial charge in [-0.3, -0.25) is 4.79 Å².